The standard InChI is InChI=1S/C23H30FN3O3S/c1-2-25-23(26-13-15-31(28,29)22-11-7-6-10-21(22)24)27-14-12-20(16-27)18-30-17-19-8-4-3-5-9-19/h3-11,20H,2,12-18H2,1H3,(H,25,26). The number of hydrogen-bond donors (Lipinski definition) is 1. The number of aliphatic imine (C=N–C) groups is 1. The second-order valence-corrected chi connectivity index (χ2v) is 9.66. The van der Waals surface area contributed by atoms with Crippen LogP contribution < -0.4 is 5.32 Å². The number of guanidine groups is 1. The highest BCUT2D eigenvalue weighted by atomic mass is 32.2. The van der Waals surface area contributed by atoms with Crippen LogP contribution in [0.25, 0.3) is 0 Å². The zero-order valence-electron chi connectivity index (χ0n) is 17.8. The summed E-state index contributed by atoms with van der Waals surface area (Å²) in [7, 11) is -3.72. The fraction of sp³-hybridized carbons (Fsp3) is 0.435. The van der Waals surface area contributed by atoms with E-state index in [0.717, 1.165) is 31.1 Å². The summed E-state index contributed by atoms with van der Waals surface area (Å²) in [6.45, 7) is 5.65. The first-order valence-electron chi connectivity index (χ1n) is 10.6. The van der Waals surface area contributed by atoms with Gasteiger partial charge in [0.25, 0.3) is 0 Å². The van der Waals surface area contributed by atoms with Gasteiger partial charge in [-0.05, 0) is 31.0 Å². The lowest BCUT2D eigenvalue weighted by molar-refractivity contribution is 0.0907. The number of halogens is 1. The van der Waals surface area contributed by atoms with Crippen molar-refractivity contribution in [2.45, 2.75) is 24.8 Å². The molecule has 1 aliphatic rings. The van der Waals surface area contributed by atoms with E-state index >= 15 is 0 Å². The maximum Gasteiger partial charge on any atom is 0.193 e. The third-order valence-electron chi connectivity index (χ3n) is 5.18. The van der Waals surface area contributed by atoms with E-state index < -0.39 is 15.7 Å². The molecule has 1 atom stereocenters. The van der Waals surface area contributed by atoms with Crippen molar-refractivity contribution in [3.8, 4) is 0 Å². The quantitative estimate of drug-likeness (QED) is 0.473. The van der Waals surface area contributed by atoms with Crippen LogP contribution in [0.15, 0.2) is 64.5 Å². The molecule has 0 bridgehead atoms. The maximum atomic E-state index is 13.8. The summed E-state index contributed by atoms with van der Waals surface area (Å²) >= 11 is 0. The number of nitrogens with one attached hydrogen (secondary N) is 1. The fourth-order valence-electron chi connectivity index (χ4n) is 3.58. The van der Waals surface area contributed by atoms with Gasteiger partial charge in [-0.25, -0.2) is 12.8 Å². The van der Waals surface area contributed by atoms with Gasteiger partial charge in [0, 0.05) is 25.6 Å². The van der Waals surface area contributed by atoms with Crippen molar-refractivity contribution in [3.63, 3.8) is 0 Å². The Morgan fingerprint density at radius 3 is 2.68 bits per heavy atom. The minimum atomic E-state index is -3.72. The zero-order chi connectivity index (χ0) is 22.1. The average Bonchev–Trinajstić information content (AvgIpc) is 3.23. The molecule has 6 nitrogen and oxygen atoms in total. The highest BCUT2D eigenvalue weighted by molar-refractivity contribution is 7.91. The molecule has 1 fully saturated rings. The normalized spacial score (nSPS) is 17.2. The minimum absolute atomic E-state index is 0.0741. The summed E-state index contributed by atoms with van der Waals surface area (Å²) in [5.41, 5.74) is 1.16. The van der Waals surface area contributed by atoms with Gasteiger partial charge < -0.3 is 15.0 Å². The topological polar surface area (TPSA) is 71.0 Å². The Morgan fingerprint density at radius 1 is 1.19 bits per heavy atom. The van der Waals surface area contributed by atoms with E-state index in [1.54, 1.807) is 0 Å². The third kappa shape index (κ3) is 6.77. The van der Waals surface area contributed by atoms with Crippen molar-refractivity contribution in [1.29, 1.82) is 0 Å². The van der Waals surface area contributed by atoms with E-state index in [2.05, 4.69) is 15.2 Å². The van der Waals surface area contributed by atoms with E-state index in [-0.39, 0.29) is 17.2 Å². The van der Waals surface area contributed by atoms with Crippen molar-refractivity contribution < 1.29 is 17.5 Å². The molecule has 1 N–H and O–H groups in total. The molecule has 2 aromatic rings. The number of sulfone groups is 1. The Morgan fingerprint density at radius 2 is 1.94 bits per heavy atom. The van der Waals surface area contributed by atoms with Gasteiger partial charge in [0.1, 0.15) is 10.7 Å². The number of likely N-dealkylation sites (tertiary alicyclic amines) is 1. The van der Waals surface area contributed by atoms with Crippen LogP contribution in [0.3, 0.4) is 0 Å². The number of rotatable bonds is 9. The Balaban J connectivity index is 1.51. The number of ether oxygens (including phenoxy) is 1. The lowest BCUT2D eigenvalue weighted by Crippen LogP contribution is -2.40. The molecule has 1 aliphatic heterocycles. The molecule has 0 aromatic heterocycles. The molecule has 8 heteroatoms. The number of nitrogens with zero attached hydrogens (tertiary/aromatic N) is 2. The maximum absolute atomic E-state index is 13.8. The Labute approximate surface area is 184 Å². The first kappa shape index (κ1) is 23.2. The van der Waals surface area contributed by atoms with Gasteiger partial charge >= 0.3 is 0 Å². The summed E-state index contributed by atoms with van der Waals surface area (Å²) in [4.78, 5) is 6.35. The van der Waals surface area contributed by atoms with Gasteiger partial charge in [0.2, 0.25) is 0 Å². The summed E-state index contributed by atoms with van der Waals surface area (Å²) in [5, 5.41) is 3.23. The van der Waals surface area contributed by atoms with E-state index in [0.29, 0.717) is 31.6 Å². The van der Waals surface area contributed by atoms with Crippen molar-refractivity contribution in [1.82, 2.24) is 10.2 Å². The van der Waals surface area contributed by atoms with Crippen LogP contribution in [0.5, 0.6) is 0 Å². The molecule has 0 saturated carbocycles. The van der Waals surface area contributed by atoms with Gasteiger partial charge in [-0.3, -0.25) is 4.99 Å². The molecular formula is C23H30FN3O3S. The van der Waals surface area contributed by atoms with Crippen LogP contribution in [0.1, 0.15) is 18.9 Å². The fourth-order valence-corrected chi connectivity index (χ4v) is 4.79. The predicted molar refractivity (Wildman–Crippen MR) is 120 cm³/mol. The first-order chi connectivity index (χ1) is 15.0. The Bertz CT molecular complexity index is 967. The molecule has 1 heterocycles. The minimum Gasteiger partial charge on any atom is -0.376 e. The first-order valence-corrected chi connectivity index (χ1v) is 12.3. The van der Waals surface area contributed by atoms with Crippen LogP contribution in [-0.2, 0) is 21.2 Å². The Kier molecular flexibility index (Phi) is 8.43. The van der Waals surface area contributed by atoms with E-state index in [9.17, 15) is 12.8 Å². The van der Waals surface area contributed by atoms with Gasteiger partial charge in [0.05, 0.1) is 25.5 Å². The molecule has 168 valence electrons. The summed E-state index contributed by atoms with van der Waals surface area (Å²) in [6.07, 6.45) is 0.993. The smallest absolute Gasteiger partial charge is 0.193 e. The molecule has 1 unspecified atom stereocenters. The van der Waals surface area contributed by atoms with E-state index in [4.69, 9.17) is 4.74 Å². The van der Waals surface area contributed by atoms with Crippen molar-refractivity contribution in [2.75, 3.05) is 38.5 Å². The average molecular weight is 448 g/mol. The summed E-state index contributed by atoms with van der Waals surface area (Å²) in [6, 6.07) is 15.5. The number of hydrogen-bond acceptors (Lipinski definition) is 4. The van der Waals surface area contributed by atoms with Crippen molar-refractivity contribution in [2.24, 2.45) is 10.9 Å². The molecule has 2 aromatic carbocycles. The van der Waals surface area contributed by atoms with Gasteiger partial charge in [-0.15, -0.1) is 0 Å². The summed E-state index contributed by atoms with van der Waals surface area (Å²) < 4.78 is 44.6. The van der Waals surface area contributed by atoms with Gasteiger partial charge in [-0.1, -0.05) is 42.5 Å². The predicted octanol–water partition coefficient (Wildman–Crippen LogP) is 3.10. The number of benzene rings is 2. The molecule has 0 spiro atoms. The molecule has 0 radical (unpaired) electrons. The van der Waals surface area contributed by atoms with E-state index in [1.807, 2.05) is 37.3 Å². The van der Waals surface area contributed by atoms with Gasteiger partial charge in [-0.2, -0.15) is 0 Å². The van der Waals surface area contributed by atoms with Crippen LogP contribution >= 0.6 is 0 Å². The third-order valence-corrected chi connectivity index (χ3v) is 6.90. The van der Waals surface area contributed by atoms with Crippen molar-refractivity contribution >= 4 is 15.8 Å². The molecule has 31 heavy (non-hydrogen) atoms. The SMILES string of the molecule is CCNC(=NCCS(=O)(=O)c1ccccc1F)N1CCC(COCc2ccccc2)C1. The van der Waals surface area contributed by atoms with Crippen LogP contribution in [0.2, 0.25) is 0 Å². The molecule has 1 saturated heterocycles. The molecular weight excluding hydrogens is 417 g/mol. The second-order valence-electron chi connectivity index (χ2n) is 7.59. The Hall–Kier alpha value is -2.45. The molecule has 0 amide bonds. The lowest BCUT2D eigenvalue weighted by atomic mass is 10.1. The second kappa shape index (κ2) is 11.2. The highest BCUT2D eigenvalue weighted by Gasteiger charge is 2.25. The van der Waals surface area contributed by atoms with Crippen LogP contribution in [0, 0.1) is 11.7 Å². The van der Waals surface area contributed by atoms with Crippen LogP contribution in [0.4, 0.5) is 4.39 Å². The van der Waals surface area contributed by atoms with Gasteiger partial charge in [0.15, 0.2) is 15.8 Å². The van der Waals surface area contributed by atoms with Crippen LogP contribution in [-0.4, -0.2) is 57.8 Å². The van der Waals surface area contributed by atoms with Crippen molar-refractivity contribution in [3.05, 3.63) is 66.0 Å². The van der Waals surface area contributed by atoms with E-state index in [1.165, 1.54) is 18.2 Å². The highest BCUT2D eigenvalue weighted by Crippen LogP contribution is 2.18. The summed E-state index contributed by atoms with van der Waals surface area (Å²) in [5.74, 6) is 0.128. The largest absolute Gasteiger partial charge is 0.376 e. The zero-order valence-corrected chi connectivity index (χ0v) is 18.7. The molecule has 0 aliphatic carbocycles. The lowest BCUT2D eigenvalue weighted by Gasteiger charge is -2.21. The monoisotopic (exact) mass is 447 g/mol. The molecule has 3 rings (SSSR count).